The first-order valence-electron chi connectivity index (χ1n) is 18.0. The second-order valence-electron chi connectivity index (χ2n) is 13.9. The predicted molar refractivity (Wildman–Crippen MR) is 224 cm³/mol. The van der Waals surface area contributed by atoms with Gasteiger partial charge in [0.15, 0.2) is 0 Å². The fraction of sp³-hybridized carbons (Fsp3) is 0.111. The Bertz CT molecular complexity index is 2290. The van der Waals surface area contributed by atoms with E-state index in [0.29, 0.717) is 56.1 Å². The van der Waals surface area contributed by atoms with Crippen molar-refractivity contribution in [3.63, 3.8) is 0 Å². The molecule has 0 heterocycles. The van der Waals surface area contributed by atoms with Crippen LogP contribution < -0.4 is 42.2 Å². The Morgan fingerprint density at radius 2 is 0.860 bits per heavy atom. The summed E-state index contributed by atoms with van der Waals surface area (Å²) >= 11 is 0. The molecule has 0 saturated carbocycles. The number of nitrogens with one attached hydrogen (secondary N) is 4. The van der Waals surface area contributed by atoms with Crippen LogP contribution >= 0.6 is 0 Å². The molecule has 288 valence electrons. The Labute approximate surface area is 330 Å². The molecule has 0 bridgehead atoms. The molecule has 0 spiro atoms. The average molecular weight is 763 g/mol. The highest BCUT2D eigenvalue weighted by atomic mass is 16.6. The van der Waals surface area contributed by atoms with Gasteiger partial charge in [-0.3, -0.25) is 0 Å². The van der Waals surface area contributed by atoms with Gasteiger partial charge in [0.25, 0.3) is 0 Å². The van der Waals surface area contributed by atoms with Crippen molar-refractivity contribution in [2.45, 2.75) is 33.1 Å². The van der Waals surface area contributed by atoms with Crippen molar-refractivity contribution in [2.24, 2.45) is 11.5 Å². The Hall–Kier alpha value is -7.60. The summed E-state index contributed by atoms with van der Waals surface area (Å²) < 4.78 is 11.2. The normalized spacial score (nSPS) is 10.9. The molecule has 57 heavy (non-hydrogen) atoms. The van der Waals surface area contributed by atoms with Gasteiger partial charge in [-0.05, 0) is 73.5 Å². The van der Waals surface area contributed by atoms with E-state index in [1.165, 1.54) is 0 Å². The second kappa shape index (κ2) is 16.8. The first-order valence-corrected chi connectivity index (χ1v) is 18.0. The van der Waals surface area contributed by atoms with Crippen LogP contribution in [-0.2, 0) is 5.41 Å². The molecule has 6 aromatic rings. The Kier molecular flexibility index (Phi) is 11.5. The number of hydrogen-bond donors (Lipinski definition) is 6. The molecule has 0 radical (unpaired) electrons. The van der Waals surface area contributed by atoms with E-state index in [9.17, 15) is 19.2 Å². The van der Waals surface area contributed by atoms with Gasteiger partial charge in [0.2, 0.25) is 0 Å². The van der Waals surface area contributed by atoms with E-state index in [4.69, 9.17) is 20.9 Å². The van der Waals surface area contributed by atoms with Gasteiger partial charge < -0.3 is 42.2 Å². The number of carbonyl (C=O) groups is 4. The minimum absolute atomic E-state index is 0.146. The van der Waals surface area contributed by atoms with Crippen molar-refractivity contribution in [2.75, 3.05) is 21.3 Å². The van der Waals surface area contributed by atoms with E-state index in [-0.39, 0.29) is 11.5 Å². The van der Waals surface area contributed by atoms with Gasteiger partial charge in [-0.2, -0.15) is 0 Å². The Balaban J connectivity index is 1.33. The van der Waals surface area contributed by atoms with Crippen LogP contribution in [0.25, 0.3) is 22.3 Å². The molecular weight excluding hydrogens is 721 g/mol. The number of anilines is 4. The van der Waals surface area contributed by atoms with Gasteiger partial charge in [0.05, 0.1) is 11.4 Å². The second-order valence-corrected chi connectivity index (χ2v) is 13.9. The number of primary amides is 2. The highest BCUT2D eigenvalue weighted by Crippen LogP contribution is 2.45. The lowest BCUT2D eigenvalue weighted by atomic mass is 9.76. The lowest BCUT2D eigenvalue weighted by Gasteiger charge is -2.30. The number of benzene rings is 6. The fourth-order valence-electron chi connectivity index (χ4n) is 6.47. The summed E-state index contributed by atoms with van der Waals surface area (Å²) in [6.07, 6.45) is -2.07. The molecule has 0 aliphatic rings. The third kappa shape index (κ3) is 9.56. The molecule has 0 aliphatic heterocycles. The van der Waals surface area contributed by atoms with Crippen molar-refractivity contribution < 1.29 is 28.7 Å². The molecule has 8 N–H and O–H groups in total. The zero-order valence-corrected chi connectivity index (χ0v) is 31.8. The highest BCUT2D eigenvalue weighted by Gasteiger charge is 2.32. The molecule has 0 saturated heterocycles. The van der Waals surface area contributed by atoms with Gasteiger partial charge in [0.1, 0.15) is 11.5 Å². The molecule has 0 aliphatic carbocycles. The summed E-state index contributed by atoms with van der Waals surface area (Å²) in [5.41, 5.74) is 18.2. The maximum atomic E-state index is 13.0. The molecule has 0 fully saturated rings. The number of urea groups is 2. The summed E-state index contributed by atoms with van der Waals surface area (Å²) in [6, 6.07) is 38.9. The van der Waals surface area contributed by atoms with Crippen molar-refractivity contribution in [1.82, 2.24) is 0 Å². The summed E-state index contributed by atoms with van der Waals surface area (Å²) in [6.45, 7) is 7.66. The van der Waals surface area contributed by atoms with Crippen LogP contribution in [0.3, 0.4) is 0 Å². The molecule has 6 rings (SSSR count). The molecule has 12 nitrogen and oxygen atoms in total. The monoisotopic (exact) mass is 762 g/mol. The third-order valence-corrected chi connectivity index (χ3v) is 9.32. The van der Waals surface area contributed by atoms with Crippen LogP contribution in [0.2, 0.25) is 0 Å². The van der Waals surface area contributed by atoms with Crippen molar-refractivity contribution in [1.29, 1.82) is 0 Å². The minimum Gasteiger partial charge on any atom is -0.410 e. The standard InChI is InChI=1S/C45H42N6O6/c1-27-13-19-31(20-14-27)48-43(54)50-37-11-7-5-9-33(37)29-17-23-35(39(25-29)56-41(46)52)45(3,4)36-24-18-30(26-40(36)57-42(47)53)34-10-6-8-12-38(34)51-44(55)49-32-21-15-28(2)16-22-32/h5-26H,1-4H3,(H2,46,52)(H2,47,53)(H2,48,50,54)(H2,49,51,55). The summed E-state index contributed by atoms with van der Waals surface area (Å²) in [5, 5.41) is 11.5. The van der Waals surface area contributed by atoms with Crippen LogP contribution in [0, 0.1) is 13.8 Å². The summed E-state index contributed by atoms with van der Waals surface area (Å²) in [4.78, 5) is 50.6. The molecule has 0 atom stereocenters. The third-order valence-electron chi connectivity index (χ3n) is 9.32. The van der Waals surface area contributed by atoms with Crippen molar-refractivity contribution in [3.05, 3.63) is 156 Å². The number of amides is 6. The Morgan fingerprint density at radius 1 is 0.491 bits per heavy atom. The zero-order chi connectivity index (χ0) is 40.7. The number of rotatable bonds is 10. The number of ether oxygens (including phenoxy) is 2. The maximum Gasteiger partial charge on any atom is 0.409 e. The largest absolute Gasteiger partial charge is 0.410 e. The first-order chi connectivity index (χ1) is 27.3. The molecule has 6 amide bonds. The number of para-hydroxylation sites is 2. The van der Waals surface area contributed by atoms with E-state index < -0.39 is 29.7 Å². The van der Waals surface area contributed by atoms with Crippen molar-refractivity contribution in [3.8, 4) is 33.8 Å². The topological polar surface area (TPSA) is 187 Å². The molecule has 0 unspecified atom stereocenters. The van der Waals surface area contributed by atoms with E-state index >= 15 is 0 Å². The van der Waals surface area contributed by atoms with Crippen LogP contribution in [-0.4, -0.2) is 24.2 Å². The van der Waals surface area contributed by atoms with E-state index in [0.717, 1.165) is 11.1 Å². The van der Waals surface area contributed by atoms with Gasteiger partial charge in [0, 0.05) is 39.0 Å². The number of nitrogens with two attached hydrogens (primary N) is 2. The molecular formula is C45H42N6O6. The first kappa shape index (κ1) is 39.1. The lowest BCUT2D eigenvalue weighted by molar-refractivity contribution is 0.210. The number of hydrogen-bond acceptors (Lipinski definition) is 6. The quantitative estimate of drug-likeness (QED) is 0.0806. The van der Waals surface area contributed by atoms with Crippen molar-refractivity contribution >= 4 is 47.0 Å². The Morgan fingerprint density at radius 3 is 1.23 bits per heavy atom. The van der Waals surface area contributed by atoms with E-state index in [1.807, 2.05) is 113 Å². The van der Waals surface area contributed by atoms with Gasteiger partial charge >= 0.3 is 24.2 Å². The van der Waals surface area contributed by atoms with E-state index in [1.54, 1.807) is 48.5 Å². The lowest BCUT2D eigenvalue weighted by Crippen LogP contribution is -2.25. The molecule has 12 heteroatoms. The SMILES string of the molecule is Cc1ccc(NC(=O)Nc2ccccc2-c2ccc(C(C)(C)c3ccc(-c4ccccc4NC(=O)Nc4ccc(C)cc4)cc3OC(N)=O)c(OC(N)=O)c2)cc1. The van der Waals surface area contributed by atoms with Gasteiger partial charge in [-0.25, -0.2) is 19.2 Å². The fourth-order valence-corrected chi connectivity index (χ4v) is 6.47. The average Bonchev–Trinajstić information content (AvgIpc) is 3.16. The predicted octanol–water partition coefficient (Wildman–Crippen LogP) is 10.2. The summed E-state index contributed by atoms with van der Waals surface area (Å²) in [7, 11) is 0. The van der Waals surface area contributed by atoms with Crippen LogP contribution in [0.15, 0.2) is 133 Å². The number of aryl methyl sites for hydroxylation is 2. The van der Waals surface area contributed by atoms with Gasteiger partial charge in [-0.1, -0.05) is 110 Å². The molecule has 6 aromatic carbocycles. The van der Waals surface area contributed by atoms with E-state index in [2.05, 4.69) is 21.3 Å². The maximum absolute atomic E-state index is 13.0. The minimum atomic E-state index is -1.03. The van der Waals surface area contributed by atoms with Crippen LogP contribution in [0.5, 0.6) is 11.5 Å². The zero-order valence-electron chi connectivity index (χ0n) is 31.8. The number of carbonyl (C=O) groups excluding carboxylic acids is 4. The summed E-state index contributed by atoms with van der Waals surface area (Å²) in [5.74, 6) is 0.291. The van der Waals surface area contributed by atoms with Crippen LogP contribution in [0.1, 0.15) is 36.1 Å². The van der Waals surface area contributed by atoms with Crippen LogP contribution in [0.4, 0.5) is 41.9 Å². The van der Waals surface area contributed by atoms with Gasteiger partial charge in [-0.15, -0.1) is 0 Å². The molecule has 0 aromatic heterocycles. The highest BCUT2D eigenvalue weighted by molar-refractivity contribution is 6.03. The smallest absolute Gasteiger partial charge is 0.409 e.